The number of ketones is 1. The maximum Gasteiger partial charge on any atom is 0.331 e. The number of carbonyl (C=O) groups excluding carboxylic acids is 1. The fourth-order valence-corrected chi connectivity index (χ4v) is 3.95. The van der Waals surface area contributed by atoms with Crippen molar-refractivity contribution in [1.29, 1.82) is 0 Å². The summed E-state index contributed by atoms with van der Waals surface area (Å²) in [7, 11) is 0. The predicted octanol–water partition coefficient (Wildman–Crippen LogP) is 2.00. The first kappa shape index (κ1) is 24.1. The smallest absolute Gasteiger partial charge is 0.331 e. The van der Waals surface area contributed by atoms with Crippen molar-refractivity contribution in [2.24, 2.45) is 0 Å². The van der Waals surface area contributed by atoms with E-state index in [2.05, 4.69) is 0 Å². The van der Waals surface area contributed by atoms with Crippen molar-refractivity contribution in [1.82, 2.24) is 9.13 Å². The zero-order valence-electron chi connectivity index (χ0n) is 19.1. The van der Waals surface area contributed by atoms with Crippen LogP contribution < -0.4 is 16.0 Å². The summed E-state index contributed by atoms with van der Waals surface area (Å²) in [5.74, 6) is 0.264. The molecule has 0 fully saturated rings. The maximum atomic E-state index is 13.4. The van der Waals surface area contributed by atoms with Gasteiger partial charge in [-0.2, -0.15) is 0 Å². The molecule has 1 heterocycles. The molecule has 35 heavy (non-hydrogen) atoms. The number of nitrogens with zero attached hydrogens (tertiary/aromatic N) is 2. The van der Waals surface area contributed by atoms with Crippen LogP contribution in [0.2, 0.25) is 0 Å². The molecule has 0 atom stereocenters. The van der Waals surface area contributed by atoms with Gasteiger partial charge in [0.2, 0.25) is 0 Å². The Morgan fingerprint density at radius 1 is 0.829 bits per heavy atom. The molecule has 0 saturated heterocycles. The Balaban J connectivity index is 1.64. The Bertz CT molecular complexity index is 1440. The molecular weight excluding hydrogens is 448 g/mol. The van der Waals surface area contributed by atoms with Crippen molar-refractivity contribution in [2.75, 3.05) is 19.8 Å². The number of benzene rings is 3. The summed E-state index contributed by atoms with van der Waals surface area (Å²) in [5, 5.41) is 18.4. The van der Waals surface area contributed by atoms with E-state index in [1.807, 2.05) is 12.1 Å². The number of carbonyl (C=O) groups is 1. The van der Waals surface area contributed by atoms with Crippen molar-refractivity contribution in [3.63, 3.8) is 0 Å². The topological polar surface area (TPSA) is 111 Å². The second kappa shape index (κ2) is 10.9. The third-order valence-corrected chi connectivity index (χ3v) is 5.80. The quantitative estimate of drug-likeness (QED) is 0.340. The monoisotopic (exact) mass is 474 g/mol. The van der Waals surface area contributed by atoms with Crippen LogP contribution in [-0.4, -0.2) is 45.0 Å². The Kier molecular flexibility index (Phi) is 7.54. The van der Waals surface area contributed by atoms with E-state index in [1.54, 1.807) is 65.2 Å². The van der Waals surface area contributed by atoms with Gasteiger partial charge in [-0.1, -0.05) is 48.5 Å². The number of Topliss-reactive ketones (excluding diaryl/α,β-unsaturated/α-hetero) is 1. The molecule has 0 radical (unpaired) electrons. The highest BCUT2D eigenvalue weighted by Gasteiger charge is 2.14. The van der Waals surface area contributed by atoms with Crippen molar-refractivity contribution in [3.8, 4) is 5.75 Å². The summed E-state index contributed by atoms with van der Waals surface area (Å²) in [4.78, 5) is 38.3. The fraction of sp³-hybridized carbons (Fsp3) is 0.222. The van der Waals surface area contributed by atoms with E-state index < -0.39 is 12.3 Å². The molecule has 4 aromatic rings. The summed E-state index contributed by atoms with van der Waals surface area (Å²) in [6, 6.07) is 21.0. The number of ether oxygens (including phenoxy) is 1. The van der Waals surface area contributed by atoms with Gasteiger partial charge < -0.3 is 14.9 Å². The first-order valence-electron chi connectivity index (χ1n) is 11.3. The zero-order valence-corrected chi connectivity index (χ0v) is 19.1. The van der Waals surface area contributed by atoms with Crippen molar-refractivity contribution >= 4 is 16.7 Å². The van der Waals surface area contributed by atoms with Crippen LogP contribution in [0, 0.1) is 0 Å². The zero-order chi connectivity index (χ0) is 24.8. The van der Waals surface area contributed by atoms with E-state index in [9.17, 15) is 14.4 Å². The van der Waals surface area contributed by atoms with E-state index in [0.717, 1.165) is 11.1 Å². The Labute approximate surface area is 201 Å². The van der Waals surface area contributed by atoms with E-state index in [1.165, 1.54) is 4.57 Å². The molecule has 0 aliphatic carbocycles. The normalized spacial score (nSPS) is 11.0. The molecular formula is C27H26N2O6. The lowest BCUT2D eigenvalue weighted by atomic mass is 10.1. The van der Waals surface area contributed by atoms with Crippen molar-refractivity contribution in [3.05, 3.63) is 110 Å². The third-order valence-electron chi connectivity index (χ3n) is 5.80. The average molecular weight is 475 g/mol. The van der Waals surface area contributed by atoms with Crippen LogP contribution in [0.15, 0.2) is 82.4 Å². The minimum atomic E-state index is -0.563. The van der Waals surface area contributed by atoms with Gasteiger partial charge in [0.25, 0.3) is 5.56 Å². The molecule has 4 rings (SSSR count). The number of aliphatic hydroxyl groups is 2. The summed E-state index contributed by atoms with van der Waals surface area (Å²) in [6.07, 6.45) is 0.478. The summed E-state index contributed by atoms with van der Waals surface area (Å²) in [5.41, 5.74) is 1.92. The summed E-state index contributed by atoms with van der Waals surface area (Å²) < 4.78 is 8.18. The molecule has 0 spiro atoms. The Morgan fingerprint density at radius 2 is 1.51 bits per heavy atom. The number of rotatable bonds is 10. The second-order valence-corrected chi connectivity index (χ2v) is 8.09. The summed E-state index contributed by atoms with van der Waals surface area (Å²) in [6.45, 7) is 0.0237. The molecule has 0 saturated carbocycles. The molecule has 0 bridgehead atoms. The van der Waals surface area contributed by atoms with Crippen LogP contribution in [-0.2, 0) is 19.5 Å². The number of para-hydroxylation sites is 1. The highest BCUT2D eigenvalue weighted by atomic mass is 16.5. The van der Waals surface area contributed by atoms with Crippen LogP contribution in [0.5, 0.6) is 5.75 Å². The van der Waals surface area contributed by atoms with Gasteiger partial charge in [-0.05, 0) is 41.8 Å². The highest BCUT2D eigenvalue weighted by molar-refractivity contribution is 5.96. The van der Waals surface area contributed by atoms with E-state index in [-0.39, 0.29) is 37.6 Å². The number of aromatic nitrogens is 2. The van der Waals surface area contributed by atoms with Gasteiger partial charge in [0.05, 0.1) is 24.1 Å². The number of aliphatic hydroxyl groups excluding tert-OH is 2. The molecule has 8 nitrogen and oxygen atoms in total. The molecule has 0 amide bonds. The number of hydrogen-bond acceptors (Lipinski definition) is 6. The van der Waals surface area contributed by atoms with Crippen LogP contribution in [0.4, 0.5) is 0 Å². The lowest BCUT2D eigenvalue weighted by molar-refractivity contribution is 0.0903. The van der Waals surface area contributed by atoms with Gasteiger partial charge in [-0.3, -0.25) is 18.7 Å². The molecule has 0 aliphatic rings. The second-order valence-electron chi connectivity index (χ2n) is 8.09. The van der Waals surface area contributed by atoms with Gasteiger partial charge in [0, 0.05) is 12.1 Å². The average Bonchev–Trinajstić information content (AvgIpc) is 2.90. The van der Waals surface area contributed by atoms with Crippen molar-refractivity contribution in [2.45, 2.75) is 19.5 Å². The lowest BCUT2D eigenvalue weighted by Crippen LogP contribution is -2.40. The molecule has 0 aliphatic heterocycles. The highest BCUT2D eigenvalue weighted by Crippen LogP contribution is 2.14. The van der Waals surface area contributed by atoms with Crippen LogP contribution >= 0.6 is 0 Å². The first-order valence-corrected chi connectivity index (χ1v) is 11.3. The minimum absolute atomic E-state index is 0.0656. The number of aryl methyl sites for hydroxylation is 1. The third kappa shape index (κ3) is 5.40. The lowest BCUT2D eigenvalue weighted by Gasteiger charge is -2.15. The van der Waals surface area contributed by atoms with Gasteiger partial charge in [-0.15, -0.1) is 0 Å². The minimum Gasteiger partial charge on any atom is -0.491 e. The molecule has 0 unspecified atom stereocenters. The van der Waals surface area contributed by atoms with E-state index in [4.69, 9.17) is 14.9 Å². The maximum absolute atomic E-state index is 13.4. The van der Waals surface area contributed by atoms with Crippen molar-refractivity contribution < 1.29 is 19.7 Å². The van der Waals surface area contributed by atoms with Crippen LogP contribution in [0.25, 0.3) is 10.9 Å². The summed E-state index contributed by atoms with van der Waals surface area (Å²) >= 11 is 0. The number of fused-ring (bicyclic) bond motifs is 1. The van der Waals surface area contributed by atoms with Gasteiger partial charge in [0.1, 0.15) is 19.0 Å². The van der Waals surface area contributed by atoms with Crippen LogP contribution in [0.1, 0.15) is 21.5 Å². The van der Waals surface area contributed by atoms with Gasteiger partial charge in [-0.25, -0.2) is 4.79 Å². The van der Waals surface area contributed by atoms with E-state index >= 15 is 0 Å². The molecule has 3 aromatic carbocycles. The van der Waals surface area contributed by atoms with Gasteiger partial charge >= 0.3 is 5.69 Å². The Hall–Kier alpha value is -4.01. The largest absolute Gasteiger partial charge is 0.491 e. The number of hydrogen-bond donors (Lipinski definition) is 2. The van der Waals surface area contributed by atoms with E-state index in [0.29, 0.717) is 28.6 Å². The molecule has 1 aromatic heterocycles. The standard InChI is InChI=1S/C27H26N2O6/c30-15-16-35-22-11-7-19(8-12-22)13-14-28-26(33)23-3-1-2-4-24(23)29(27(28)34)17-20-5-9-21(10-6-20)25(32)18-31/h1-12,30-31H,13-18H2. The van der Waals surface area contributed by atoms with Gasteiger partial charge in [0.15, 0.2) is 5.78 Å². The van der Waals surface area contributed by atoms with Crippen LogP contribution in [0.3, 0.4) is 0 Å². The predicted molar refractivity (Wildman–Crippen MR) is 132 cm³/mol. The Morgan fingerprint density at radius 3 is 2.20 bits per heavy atom. The fourth-order valence-electron chi connectivity index (χ4n) is 3.95. The first-order chi connectivity index (χ1) is 17.0. The SMILES string of the molecule is O=C(CO)c1ccc(Cn2c(=O)n(CCc3ccc(OCCO)cc3)c(=O)c3ccccc32)cc1. The molecule has 8 heteroatoms. The molecule has 2 N–H and O–H groups in total. The molecule has 180 valence electrons.